The van der Waals surface area contributed by atoms with Crippen molar-refractivity contribution in [1.82, 2.24) is 10.3 Å². The number of hydrogen-bond acceptors (Lipinski definition) is 4. The van der Waals surface area contributed by atoms with Crippen LogP contribution in [0.15, 0.2) is 12.3 Å². The van der Waals surface area contributed by atoms with Crippen LogP contribution in [0.4, 0.5) is 5.82 Å². The lowest BCUT2D eigenvalue weighted by molar-refractivity contribution is -0.0715. The molecule has 1 aromatic heterocycles. The molecule has 1 unspecified atom stereocenters. The van der Waals surface area contributed by atoms with Crippen LogP contribution in [0.25, 0.3) is 0 Å². The molecule has 0 spiro atoms. The van der Waals surface area contributed by atoms with Gasteiger partial charge in [-0.3, -0.25) is 4.79 Å². The Morgan fingerprint density at radius 1 is 1.55 bits per heavy atom. The number of rotatable bonds is 4. The van der Waals surface area contributed by atoms with Crippen molar-refractivity contribution in [3.63, 3.8) is 0 Å². The van der Waals surface area contributed by atoms with Gasteiger partial charge in [-0.25, -0.2) is 4.98 Å². The summed E-state index contributed by atoms with van der Waals surface area (Å²) in [5, 5.41) is 3.45. The molecular formula is C16H24ClN3O2. The van der Waals surface area contributed by atoms with Gasteiger partial charge >= 0.3 is 0 Å². The molecular weight excluding hydrogens is 302 g/mol. The van der Waals surface area contributed by atoms with Gasteiger partial charge in [0.15, 0.2) is 0 Å². The summed E-state index contributed by atoms with van der Waals surface area (Å²) in [6.07, 6.45) is 3.48. The first-order valence-corrected chi connectivity index (χ1v) is 7.91. The molecule has 1 aliphatic rings. The number of anilines is 1. The number of nitrogens with one attached hydrogen (secondary N) is 1. The Labute approximate surface area is 137 Å². The van der Waals surface area contributed by atoms with Gasteiger partial charge in [-0.15, -0.1) is 0 Å². The molecule has 1 atom stereocenters. The minimum Gasteiger partial charge on any atom is -0.376 e. The highest BCUT2D eigenvalue weighted by molar-refractivity contribution is 6.33. The van der Waals surface area contributed by atoms with E-state index in [4.69, 9.17) is 16.3 Å². The van der Waals surface area contributed by atoms with Gasteiger partial charge in [0, 0.05) is 33.4 Å². The number of amides is 1. The molecule has 0 saturated carbocycles. The first-order chi connectivity index (χ1) is 10.3. The second-order valence-corrected chi connectivity index (χ2v) is 7.01. The summed E-state index contributed by atoms with van der Waals surface area (Å²) in [5.41, 5.74) is 0.383. The average molecular weight is 326 g/mol. The van der Waals surface area contributed by atoms with E-state index in [0.717, 1.165) is 19.4 Å². The molecule has 0 aliphatic carbocycles. The fourth-order valence-corrected chi connectivity index (χ4v) is 3.09. The second-order valence-electron chi connectivity index (χ2n) is 6.60. The van der Waals surface area contributed by atoms with E-state index in [1.54, 1.807) is 12.3 Å². The molecule has 1 amide bonds. The largest absolute Gasteiger partial charge is 0.376 e. The summed E-state index contributed by atoms with van der Waals surface area (Å²) < 4.78 is 5.69. The van der Waals surface area contributed by atoms with Crippen LogP contribution in [0.1, 0.15) is 37.0 Å². The zero-order chi connectivity index (χ0) is 16.3. The molecule has 6 heteroatoms. The normalized spacial score (nSPS) is 20.5. The smallest absolute Gasteiger partial charge is 0.252 e. The minimum atomic E-state index is -0.135. The quantitative estimate of drug-likeness (QED) is 0.924. The van der Waals surface area contributed by atoms with Gasteiger partial charge in [0.25, 0.3) is 5.91 Å². The molecule has 0 bridgehead atoms. The summed E-state index contributed by atoms with van der Waals surface area (Å²) >= 11 is 6.15. The van der Waals surface area contributed by atoms with E-state index >= 15 is 0 Å². The van der Waals surface area contributed by atoms with Crippen LogP contribution in [-0.4, -0.2) is 43.7 Å². The Bertz CT molecular complexity index is 546. The molecule has 1 aliphatic heterocycles. The Hall–Kier alpha value is -1.33. The Balaban J connectivity index is 1.94. The van der Waals surface area contributed by atoms with E-state index in [9.17, 15) is 4.79 Å². The third kappa shape index (κ3) is 4.34. The number of carbonyl (C=O) groups is 1. The van der Waals surface area contributed by atoms with Gasteiger partial charge in [0.05, 0.1) is 16.2 Å². The van der Waals surface area contributed by atoms with Crippen molar-refractivity contribution < 1.29 is 9.53 Å². The molecule has 122 valence electrons. The lowest BCUT2D eigenvalue weighted by Crippen LogP contribution is -2.39. The number of aromatic nitrogens is 1. The fraction of sp³-hybridized carbons (Fsp3) is 0.625. The van der Waals surface area contributed by atoms with Crippen LogP contribution in [0, 0.1) is 5.92 Å². The molecule has 1 N–H and O–H groups in total. The van der Waals surface area contributed by atoms with Gasteiger partial charge in [-0.1, -0.05) is 11.6 Å². The molecule has 2 heterocycles. The van der Waals surface area contributed by atoms with Crippen molar-refractivity contribution in [2.75, 3.05) is 32.1 Å². The van der Waals surface area contributed by atoms with Crippen molar-refractivity contribution in [3.8, 4) is 0 Å². The zero-order valence-corrected chi connectivity index (χ0v) is 14.4. The van der Waals surface area contributed by atoms with E-state index in [0.29, 0.717) is 28.9 Å². The van der Waals surface area contributed by atoms with E-state index < -0.39 is 0 Å². The number of ether oxygens (including phenoxy) is 1. The molecule has 0 radical (unpaired) electrons. The maximum absolute atomic E-state index is 12.2. The lowest BCUT2D eigenvalue weighted by Gasteiger charge is -2.35. The van der Waals surface area contributed by atoms with Gasteiger partial charge < -0.3 is 15.0 Å². The molecule has 1 aromatic rings. The summed E-state index contributed by atoms with van der Waals surface area (Å²) in [5.74, 6) is 0.963. The number of nitrogens with zero attached hydrogens (tertiary/aromatic N) is 2. The number of pyridine rings is 1. The Kier molecular flexibility index (Phi) is 5.29. The number of halogens is 1. The summed E-state index contributed by atoms with van der Waals surface area (Å²) in [6, 6.07) is 1.66. The van der Waals surface area contributed by atoms with E-state index in [1.165, 1.54) is 0 Å². The molecule has 2 rings (SSSR count). The fourth-order valence-electron chi connectivity index (χ4n) is 2.76. The number of hydrogen-bond donors (Lipinski definition) is 1. The minimum absolute atomic E-state index is 0.105. The second kappa shape index (κ2) is 6.84. The highest BCUT2D eigenvalue weighted by Crippen LogP contribution is 2.28. The van der Waals surface area contributed by atoms with Crippen molar-refractivity contribution in [2.24, 2.45) is 5.92 Å². The predicted octanol–water partition coefficient (Wildman–Crippen LogP) is 2.74. The third-order valence-corrected chi connectivity index (χ3v) is 4.14. The van der Waals surface area contributed by atoms with Crippen LogP contribution >= 0.6 is 11.6 Å². The molecule has 1 saturated heterocycles. The highest BCUT2D eigenvalue weighted by Gasteiger charge is 2.28. The monoisotopic (exact) mass is 325 g/mol. The van der Waals surface area contributed by atoms with E-state index in [-0.39, 0.29) is 11.5 Å². The molecule has 0 aromatic carbocycles. The highest BCUT2D eigenvalue weighted by atomic mass is 35.5. The first-order valence-electron chi connectivity index (χ1n) is 7.53. The Morgan fingerprint density at radius 2 is 2.27 bits per heavy atom. The van der Waals surface area contributed by atoms with Gasteiger partial charge in [-0.05, 0) is 38.7 Å². The lowest BCUT2D eigenvalue weighted by atomic mass is 9.88. The van der Waals surface area contributed by atoms with E-state index in [1.807, 2.05) is 19.0 Å². The first kappa shape index (κ1) is 17.0. The summed E-state index contributed by atoms with van der Waals surface area (Å²) in [7, 11) is 3.72. The zero-order valence-electron chi connectivity index (χ0n) is 13.6. The standard InChI is InChI=1S/C16H24ClN3O2/c1-16(2)8-11(5-6-22-16)9-19-15(21)12-7-13(17)14(18-10-12)20(3)4/h7,10-11H,5-6,8-9H2,1-4H3,(H,19,21). The SMILES string of the molecule is CN(C)c1ncc(C(=O)NCC2CCOC(C)(C)C2)cc1Cl. The van der Waals surface area contributed by atoms with E-state index in [2.05, 4.69) is 24.1 Å². The maximum Gasteiger partial charge on any atom is 0.252 e. The third-order valence-electron chi connectivity index (χ3n) is 3.86. The summed E-state index contributed by atoms with van der Waals surface area (Å²) in [4.78, 5) is 18.3. The van der Waals surface area contributed by atoms with Gasteiger partial charge in [0.1, 0.15) is 5.82 Å². The van der Waals surface area contributed by atoms with Crippen molar-refractivity contribution in [1.29, 1.82) is 0 Å². The van der Waals surface area contributed by atoms with Crippen LogP contribution in [-0.2, 0) is 4.74 Å². The van der Waals surface area contributed by atoms with Crippen LogP contribution < -0.4 is 10.2 Å². The summed E-state index contributed by atoms with van der Waals surface area (Å²) in [6.45, 7) is 5.58. The van der Waals surface area contributed by atoms with Crippen LogP contribution in [0.5, 0.6) is 0 Å². The van der Waals surface area contributed by atoms with Crippen LogP contribution in [0.3, 0.4) is 0 Å². The van der Waals surface area contributed by atoms with Crippen LogP contribution in [0.2, 0.25) is 5.02 Å². The average Bonchev–Trinajstić information content (AvgIpc) is 2.43. The molecule has 22 heavy (non-hydrogen) atoms. The van der Waals surface area contributed by atoms with Crippen molar-refractivity contribution in [3.05, 3.63) is 22.8 Å². The maximum atomic E-state index is 12.2. The Morgan fingerprint density at radius 3 is 2.86 bits per heavy atom. The van der Waals surface area contributed by atoms with Crippen molar-refractivity contribution in [2.45, 2.75) is 32.3 Å². The predicted molar refractivity (Wildman–Crippen MR) is 88.7 cm³/mol. The van der Waals surface area contributed by atoms with Gasteiger partial charge in [-0.2, -0.15) is 0 Å². The van der Waals surface area contributed by atoms with Gasteiger partial charge in [0.2, 0.25) is 0 Å². The molecule has 1 fully saturated rings. The topological polar surface area (TPSA) is 54.5 Å². The molecule has 5 nitrogen and oxygen atoms in total. The van der Waals surface area contributed by atoms with Crippen molar-refractivity contribution >= 4 is 23.3 Å². The number of carbonyl (C=O) groups excluding carboxylic acids is 1.